The maximum Gasteiger partial charge on any atom is 0.251 e. The van der Waals surface area contributed by atoms with Crippen LogP contribution in [0, 0.1) is 17.8 Å². The summed E-state index contributed by atoms with van der Waals surface area (Å²) in [6.45, 7) is 4.83. The number of carbonyl (C=O) groups excluding carboxylic acids is 1. The fraction of sp³-hybridized carbons (Fsp3) is 0.480. The molecule has 0 aromatic heterocycles. The number of amides is 1. The number of rotatable bonds is 5. The standard InChI is InChI=1S/C25H31NO3/c1-17-11-21-15-25(28,13-17)14-18(2)23(21)26-24(27)20-9-6-10-22(12-20)29-16-19-7-4-3-5-8-19/h3-10,12,17-18,21,23,28H,11,13-16H2,1-2H3,(H,26,27). The molecule has 2 aliphatic carbocycles. The van der Waals surface area contributed by atoms with Gasteiger partial charge in [0.15, 0.2) is 0 Å². The van der Waals surface area contributed by atoms with Crippen molar-refractivity contribution in [2.24, 2.45) is 17.8 Å². The van der Waals surface area contributed by atoms with Crippen LogP contribution >= 0.6 is 0 Å². The van der Waals surface area contributed by atoms with E-state index in [1.165, 1.54) is 0 Å². The van der Waals surface area contributed by atoms with Crippen molar-refractivity contribution in [1.29, 1.82) is 0 Å². The quantitative estimate of drug-likeness (QED) is 0.782. The molecule has 154 valence electrons. The Labute approximate surface area is 173 Å². The van der Waals surface area contributed by atoms with Crippen LogP contribution < -0.4 is 10.1 Å². The number of fused-ring (bicyclic) bond motifs is 2. The molecule has 2 N–H and O–H groups in total. The highest BCUT2D eigenvalue weighted by Crippen LogP contribution is 2.47. The zero-order chi connectivity index (χ0) is 20.4. The van der Waals surface area contributed by atoms with E-state index in [2.05, 4.69) is 19.2 Å². The van der Waals surface area contributed by atoms with Crippen molar-refractivity contribution in [2.45, 2.75) is 57.8 Å². The SMILES string of the molecule is CC1CC2CC(O)(C1)CC(C)C2NC(=O)c1cccc(OCc2ccccc2)c1. The molecule has 2 bridgehead atoms. The van der Waals surface area contributed by atoms with Crippen LogP contribution in [0.2, 0.25) is 0 Å². The molecule has 5 atom stereocenters. The van der Waals surface area contributed by atoms with E-state index in [4.69, 9.17) is 4.74 Å². The first kappa shape index (κ1) is 20.0. The predicted octanol–water partition coefficient (Wildman–Crippen LogP) is 4.57. The van der Waals surface area contributed by atoms with Crippen molar-refractivity contribution in [3.05, 3.63) is 65.7 Å². The summed E-state index contributed by atoms with van der Waals surface area (Å²) >= 11 is 0. The molecule has 4 heteroatoms. The predicted molar refractivity (Wildman–Crippen MR) is 114 cm³/mol. The van der Waals surface area contributed by atoms with Gasteiger partial charge >= 0.3 is 0 Å². The molecule has 0 saturated heterocycles. The molecule has 4 rings (SSSR count). The van der Waals surface area contributed by atoms with Gasteiger partial charge in [-0.2, -0.15) is 0 Å². The summed E-state index contributed by atoms with van der Waals surface area (Å²) < 4.78 is 5.87. The molecule has 1 amide bonds. The molecular formula is C25H31NO3. The largest absolute Gasteiger partial charge is 0.489 e. The summed E-state index contributed by atoms with van der Waals surface area (Å²) in [6, 6.07) is 17.5. The van der Waals surface area contributed by atoms with E-state index in [9.17, 15) is 9.90 Å². The summed E-state index contributed by atoms with van der Waals surface area (Å²) in [5, 5.41) is 14.1. The Balaban J connectivity index is 1.42. The van der Waals surface area contributed by atoms with E-state index in [0.29, 0.717) is 29.8 Å². The van der Waals surface area contributed by atoms with Gasteiger partial charge < -0.3 is 15.2 Å². The second-order valence-electron chi connectivity index (χ2n) is 9.22. The number of benzene rings is 2. The fourth-order valence-electron chi connectivity index (χ4n) is 5.50. The molecule has 5 unspecified atom stereocenters. The Morgan fingerprint density at radius 2 is 1.90 bits per heavy atom. The summed E-state index contributed by atoms with van der Waals surface area (Å²) in [6.07, 6.45) is 3.51. The van der Waals surface area contributed by atoms with E-state index in [0.717, 1.165) is 31.2 Å². The summed E-state index contributed by atoms with van der Waals surface area (Å²) in [5.74, 6) is 1.75. The number of nitrogens with one attached hydrogen (secondary N) is 1. The van der Waals surface area contributed by atoms with Gasteiger partial charge in [0.1, 0.15) is 12.4 Å². The summed E-state index contributed by atoms with van der Waals surface area (Å²) in [4.78, 5) is 13.0. The van der Waals surface area contributed by atoms with Crippen LogP contribution in [0.1, 0.15) is 55.5 Å². The molecule has 2 aromatic rings. The van der Waals surface area contributed by atoms with Crippen molar-refractivity contribution in [3.8, 4) is 5.75 Å². The van der Waals surface area contributed by atoms with Gasteiger partial charge in [0, 0.05) is 11.6 Å². The highest BCUT2D eigenvalue weighted by Gasteiger charge is 2.48. The van der Waals surface area contributed by atoms with E-state index in [1.807, 2.05) is 54.6 Å². The number of ether oxygens (including phenoxy) is 1. The molecule has 0 heterocycles. The van der Waals surface area contributed by atoms with Gasteiger partial charge in [-0.25, -0.2) is 0 Å². The molecule has 2 aromatic carbocycles. The second-order valence-corrected chi connectivity index (χ2v) is 9.22. The topological polar surface area (TPSA) is 58.6 Å². The van der Waals surface area contributed by atoms with Gasteiger partial charge in [0.2, 0.25) is 0 Å². The maximum absolute atomic E-state index is 13.0. The van der Waals surface area contributed by atoms with Crippen molar-refractivity contribution in [1.82, 2.24) is 5.32 Å². The monoisotopic (exact) mass is 393 g/mol. The van der Waals surface area contributed by atoms with Gasteiger partial charge in [-0.1, -0.05) is 50.2 Å². The highest BCUT2D eigenvalue weighted by molar-refractivity contribution is 5.94. The van der Waals surface area contributed by atoms with Crippen molar-refractivity contribution in [3.63, 3.8) is 0 Å². The first-order valence-electron chi connectivity index (χ1n) is 10.7. The van der Waals surface area contributed by atoms with Crippen LogP contribution in [-0.2, 0) is 6.61 Å². The molecule has 2 saturated carbocycles. The Morgan fingerprint density at radius 1 is 1.10 bits per heavy atom. The normalized spacial score (nSPS) is 31.1. The van der Waals surface area contributed by atoms with Gasteiger partial charge in [-0.3, -0.25) is 4.79 Å². The smallest absolute Gasteiger partial charge is 0.251 e. The Kier molecular flexibility index (Phi) is 5.64. The molecule has 2 fully saturated rings. The first-order chi connectivity index (χ1) is 13.9. The maximum atomic E-state index is 13.0. The van der Waals surface area contributed by atoms with E-state index in [-0.39, 0.29) is 17.9 Å². The molecule has 29 heavy (non-hydrogen) atoms. The van der Waals surface area contributed by atoms with E-state index >= 15 is 0 Å². The van der Waals surface area contributed by atoms with Gasteiger partial charge in [0.05, 0.1) is 5.60 Å². The minimum absolute atomic E-state index is 0.0596. The third-order valence-electron chi connectivity index (χ3n) is 6.54. The first-order valence-corrected chi connectivity index (χ1v) is 10.7. The van der Waals surface area contributed by atoms with Crippen LogP contribution in [-0.4, -0.2) is 22.7 Å². The lowest BCUT2D eigenvalue weighted by Crippen LogP contribution is -2.56. The number of aliphatic hydroxyl groups is 1. The highest BCUT2D eigenvalue weighted by atomic mass is 16.5. The summed E-state index contributed by atoms with van der Waals surface area (Å²) in [7, 11) is 0. The van der Waals surface area contributed by atoms with Crippen molar-refractivity contribution < 1.29 is 14.6 Å². The van der Waals surface area contributed by atoms with E-state index in [1.54, 1.807) is 0 Å². The van der Waals surface area contributed by atoms with Crippen LogP contribution in [0.25, 0.3) is 0 Å². The fourth-order valence-corrected chi connectivity index (χ4v) is 5.50. The van der Waals surface area contributed by atoms with Crippen molar-refractivity contribution in [2.75, 3.05) is 0 Å². The van der Waals surface area contributed by atoms with Gasteiger partial charge in [-0.15, -0.1) is 0 Å². The zero-order valence-electron chi connectivity index (χ0n) is 17.3. The molecule has 2 aliphatic rings. The van der Waals surface area contributed by atoms with Crippen LogP contribution in [0.15, 0.2) is 54.6 Å². The molecule has 4 nitrogen and oxygen atoms in total. The van der Waals surface area contributed by atoms with Gasteiger partial charge in [-0.05, 0) is 67.2 Å². The minimum Gasteiger partial charge on any atom is -0.489 e. The zero-order valence-corrected chi connectivity index (χ0v) is 17.3. The lowest BCUT2D eigenvalue weighted by Gasteiger charge is -2.51. The van der Waals surface area contributed by atoms with Gasteiger partial charge in [0.25, 0.3) is 5.91 Å². The number of carbonyl (C=O) groups is 1. The van der Waals surface area contributed by atoms with Crippen LogP contribution in [0.4, 0.5) is 0 Å². The van der Waals surface area contributed by atoms with Crippen molar-refractivity contribution >= 4 is 5.91 Å². The number of hydrogen-bond acceptors (Lipinski definition) is 3. The molecule has 0 spiro atoms. The van der Waals surface area contributed by atoms with Crippen LogP contribution in [0.3, 0.4) is 0 Å². The average Bonchev–Trinajstić information content (AvgIpc) is 2.69. The van der Waals surface area contributed by atoms with Crippen LogP contribution in [0.5, 0.6) is 5.75 Å². The third-order valence-corrected chi connectivity index (χ3v) is 6.54. The minimum atomic E-state index is -0.547. The lowest BCUT2D eigenvalue weighted by molar-refractivity contribution is -0.0916. The van der Waals surface area contributed by atoms with E-state index < -0.39 is 5.60 Å². The molecular weight excluding hydrogens is 362 g/mol. The number of hydrogen-bond donors (Lipinski definition) is 2. The molecule has 0 radical (unpaired) electrons. The average molecular weight is 394 g/mol. The Bertz CT molecular complexity index is 848. The third kappa shape index (κ3) is 4.64. The second kappa shape index (κ2) is 8.19. The Hall–Kier alpha value is -2.33. The Morgan fingerprint density at radius 3 is 2.69 bits per heavy atom. The summed E-state index contributed by atoms with van der Waals surface area (Å²) in [5.41, 5.74) is 1.17. The molecule has 0 aliphatic heterocycles. The lowest BCUT2D eigenvalue weighted by atomic mass is 9.60.